The number of hydrogen-bond acceptors (Lipinski definition) is 5. The van der Waals surface area contributed by atoms with Crippen LogP contribution in [-0.2, 0) is 0 Å². The topological polar surface area (TPSA) is 69.9 Å². The maximum atomic E-state index is 6.93. The van der Waals surface area contributed by atoms with Gasteiger partial charge in [-0.05, 0) is 88.6 Å². The van der Waals surface area contributed by atoms with Crippen molar-refractivity contribution in [1.82, 2.24) is 19.5 Å². The molecular weight excluding hydrogens is 749 g/mol. The van der Waals surface area contributed by atoms with Crippen LogP contribution in [0.15, 0.2) is 203 Å². The molecule has 6 nitrogen and oxygen atoms in total. The summed E-state index contributed by atoms with van der Waals surface area (Å²) in [4.78, 5) is 16.0. The molecule has 0 bridgehead atoms. The van der Waals surface area contributed by atoms with Crippen molar-refractivity contribution >= 4 is 76.5 Å². The van der Waals surface area contributed by atoms with Crippen molar-refractivity contribution in [2.45, 2.75) is 0 Å². The quantitative estimate of drug-likeness (QED) is 0.174. The average Bonchev–Trinajstić information content (AvgIpc) is 4.00. The Bertz CT molecular complexity index is 3900. The van der Waals surface area contributed by atoms with E-state index in [1.165, 1.54) is 5.39 Å². The Morgan fingerprint density at radius 3 is 1.75 bits per heavy atom. The molecule has 0 aliphatic heterocycles. The van der Waals surface area contributed by atoms with E-state index in [1.807, 2.05) is 48.5 Å². The molecule has 0 unspecified atom stereocenters. The second-order valence-corrected chi connectivity index (χ2v) is 15.6. The number of nitrogens with zero attached hydrogens (tertiary/aromatic N) is 4. The van der Waals surface area contributed by atoms with Crippen molar-refractivity contribution in [2.75, 3.05) is 0 Å². The molecule has 6 heteroatoms. The Morgan fingerprint density at radius 2 is 0.934 bits per heavy atom. The van der Waals surface area contributed by atoms with Crippen molar-refractivity contribution in [2.24, 2.45) is 0 Å². The summed E-state index contributed by atoms with van der Waals surface area (Å²) in [6, 6.07) is 67.4. The highest BCUT2D eigenvalue weighted by atomic mass is 16.3. The van der Waals surface area contributed by atoms with Crippen molar-refractivity contribution in [3.63, 3.8) is 0 Å². The summed E-state index contributed by atoms with van der Waals surface area (Å²) in [6.07, 6.45) is 0. The van der Waals surface area contributed by atoms with Crippen LogP contribution < -0.4 is 0 Å². The van der Waals surface area contributed by atoms with Gasteiger partial charge in [-0.15, -0.1) is 0 Å². The molecule has 61 heavy (non-hydrogen) atoms. The maximum Gasteiger partial charge on any atom is 0.166 e. The molecule has 0 saturated carbocycles. The van der Waals surface area contributed by atoms with E-state index in [0.29, 0.717) is 17.5 Å². The zero-order valence-electron chi connectivity index (χ0n) is 32.6. The predicted molar refractivity (Wildman–Crippen MR) is 248 cm³/mol. The van der Waals surface area contributed by atoms with Crippen molar-refractivity contribution < 1.29 is 8.83 Å². The molecule has 13 rings (SSSR count). The fourth-order valence-corrected chi connectivity index (χ4v) is 9.16. The van der Waals surface area contributed by atoms with Gasteiger partial charge in [-0.2, -0.15) is 0 Å². The van der Waals surface area contributed by atoms with Gasteiger partial charge in [-0.1, -0.05) is 127 Å². The molecule has 0 N–H and O–H groups in total. The first-order valence-corrected chi connectivity index (χ1v) is 20.4. The minimum absolute atomic E-state index is 0.534. The number of benzene rings is 9. The molecule has 0 radical (unpaired) electrons. The predicted octanol–water partition coefficient (Wildman–Crippen LogP) is 14.6. The minimum Gasteiger partial charge on any atom is -0.456 e. The molecule has 0 spiro atoms. The van der Waals surface area contributed by atoms with Crippen LogP contribution in [0.5, 0.6) is 0 Å². The molecule has 284 valence electrons. The Hall–Kier alpha value is -8.35. The lowest BCUT2D eigenvalue weighted by Gasteiger charge is -2.15. The number of hydrogen-bond donors (Lipinski definition) is 0. The Balaban J connectivity index is 1.13. The van der Waals surface area contributed by atoms with E-state index in [1.54, 1.807) is 0 Å². The summed E-state index contributed by atoms with van der Waals surface area (Å²) in [6.45, 7) is 0. The number of furan rings is 2. The molecule has 0 saturated heterocycles. The first-order valence-electron chi connectivity index (χ1n) is 20.4. The summed E-state index contributed by atoms with van der Waals surface area (Å²) in [5.41, 5.74) is 11.0. The van der Waals surface area contributed by atoms with Crippen LogP contribution in [0.4, 0.5) is 0 Å². The van der Waals surface area contributed by atoms with E-state index < -0.39 is 0 Å². The minimum atomic E-state index is 0.534. The Kier molecular flexibility index (Phi) is 7.21. The lowest BCUT2D eigenvalue weighted by molar-refractivity contribution is 0.666. The van der Waals surface area contributed by atoms with Gasteiger partial charge in [0.05, 0.1) is 11.0 Å². The summed E-state index contributed by atoms with van der Waals surface area (Å²) in [5, 5.41) is 8.76. The maximum absolute atomic E-state index is 6.93. The van der Waals surface area contributed by atoms with Crippen molar-refractivity contribution in [3.05, 3.63) is 194 Å². The van der Waals surface area contributed by atoms with Crippen LogP contribution in [0.25, 0.3) is 127 Å². The third-order valence-electron chi connectivity index (χ3n) is 12.0. The van der Waals surface area contributed by atoms with Gasteiger partial charge in [0.1, 0.15) is 22.4 Å². The van der Waals surface area contributed by atoms with Gasteiger partial charge in [0.2, 0.25) is 0 Å². The average molecular weight is 781 g/mol. The second kappa shape index (κ2) is 13.1. The molecular formula is C55H32N4O2. The van der Waals surface area contributed by atoms with E-state index >= 15 is 0 Å². The highest BCUT2D eigenvalue weighted by molar-refractivity contribution is 6.17. The van der Waals surface area contributed by atoms with Crippen LogP contribution in [0, 0.1) is 0 Å². The van der Waals surface area contributed by atoms with E-state index in [4.69, 9.17) is 23.8 Å². The highest BCUT2D eigenvalue weighted by Crippen LogP contribution is 2.44. The van der Waals surface area contributed by atoms with E-state index in [0.717, 1.165) is 105 Å². The SMILES string of the molecule is c1ccc(-c2cccc(-c3nc(-c4ccc5oc6ccccc6c5c4)nc(-c4ccc5c(oc6ccccc65)c4-n4c5ccccc5c5cc6ccccc6cc54)n3)c2)cc1. The first-order chi connectivity index (χ1) is 30.2. The normalized spacial score (nSPS) is 11.9. The fourth-order valence-electron chi connectivity index (χ4n) is 9.16. The van der Waals surface area contributed by atoms with Crippen molar-refractivity contribution in [3.8, 4) is 51.0 Å². The summed E-state index contributed by atoms with van der Waals surface area (Å²) in [7, 11) is 0. The van der Waals surface area contributed by atoms with Gasteiger partial charge < -0.3 is 13.4 Å². The Labute approximate surface area is 348 Å². The molecule has 0 atom stereocenters. The van der Waals surface area contributed by atoms with E-state index in [-0.39, 0.29) is 0 Å². The summed E-state index contributed by atoms with van der Waals surface area (Å²) < 4.78 is 15.5. The lowest BCUT2D eigenvalue weighted by atomic mass is 10.0. The number of para-hydroxylation sites is 3. The first kappa shape index (κ1) is 33.6. The zero-order chi connectivity index (χ0) is 40.0. The van der Waals surface area contributed by atoms with Crippen LogP contribution >= 0.6 is 0 Å². The molecule has 13 aromatic rings. The van der Waals surface area contributed by atoms with E-state index in [9.17, 15) is 0 Å². The molecule has 0 aliphatic carbocycles. The van der Waals surface area contributed by atoms with Crippen molar-refractivity contribution in [1.29, 1.82) is 0 Å². The molecule has 0 aliphatic rings. The number of fused-ring (bicyclic) bond motifs is 10. The molecule has 4 aromatic heterocycles. The number of rotatable bonds is 5. The monoisotopic (exact) mass is 780 g/mol. The van der Waals surface area contributed by atoms with E-state index in [2.05, 4.69) is 150 Å². The Morgan fingerprint density at radius 1 is 0.328 bits per heavy atom. The largest absolute Gasteiger partial charge is 0.456 e. The summed E-state index contributed by atoms with van der Waals surface area (Å²) in [5.74, 6) is 1.66. The van der Waals surface area contributed by atoms with Crippen LogP contribution in [0.2, 0.25) is 0 Å². The third kappa shape index (κ3) is 5.26. The van der Waals surface area contributed by atoms with Gasteiger partial charge in [-0.25, -0.2) is 15.0 Å². The van der Waals surface area contributed by atoms with Gasteiger partial charge in [0, 0.05) is 49.0 Å². The highest BCUT2D eigenvalue weighted by Gasteiger charge is 2.25. The smallest absolute Gasteiger partial charge is 0.166 e. The molecule has 4 heterocycles. The fraction of sp³-hybridized carbons (Fsp3) is 0. The van der Waals surface area contributed by atoms with Crippen LogP contribution in [0.1, 0.15) is 0 Å². The molecule has 9 aromatic carbocycles. The van der Waals surface area contributed by atoms with Gasteiger partial charge in [0.25, 0.3) is 0 Å². The zero-order valence-corrected chi connectivity index (χ0v) is 32.6. The van der Waals surface area contributed by atoms with Gasteiger partial charge >= 0.3 is 0 Å². The molecule has 0 fully saturated rings. The molecule has 0 amide bonds. The third-order valence-corrected chi connectivity index (χ3v) is 12.0. The standard InChI is InChI=1S/C55H32N4O2/c1-2-13-33(14-3-1)34-17-12-18-37(29-34)53-56-54(38-25-28-50-45(31-38)41-21-8-10-23-48(41)60-50)58-55(57-53)43-27-26-42-40-20-7-11-24-49(40)61-52(42)51(43)59-46-22-9-6-19-39(46)44-30-35-15-4-5-16-36(35)32-47(44)59/h1-32H. The van der Waals surface area contributed by atoms with Gasteiger partial charge in [-0.3, -0.25) is 0 Å². The second-order valence-electron chi connectivity index (χ2n) is 15.6. The number of aromatic nitrogens is 4. The van der Waals surface area contributed by atoms with Gasteiger partial charge in [0.15, 0.2) is 23.1 Å². The lowest BCUT2D eigenvalue weighted by Crippen LogP contribution is -2.04. The van der Waals surface area contributed by atoms with Crippen LogP contribution in [0.3, 0.4) is 0 Å². The van der Waals surface area contributed by atoms with Crippen LogP contribution in [-0.4, -0.2) is 19.5 Å². The summed E-state index contributed by atoms with van der Waals surface area (Å²) >= 11 is 0.